The number of anilines is 2. The number of benzene rings is 2. The molecule has 1 amide bonds. The molecule has 0 aromatic heterocycles. The molecule has 4 N–H and O–H groups in total. The molecule has 0 saturated carbocycles. The van der Waals surface area contributed by atoms with E-state index in [1.54, 1.807) is 23.5 Å². The normalized spacial score (nSPS) is 20.8. The van der Waals surface area contributed by atoms with Crippen molar-refractivity contribution in [1.82, 2.24) is 10.2 Å². The zero-order chi connectivity index (χ0) is 21.8. The van der Waals surface area contributed by atoms with E-state index in [9.17, 15) is 4.79 Å². The van der Waals surface area contributed by atoms with Crippen LogP contribution in [0.3, 0.4) is 0 Å². The van der Waals surface area contributed by atoms with Gasteiger partial charge in [0.2, 0.25) is 5.91 Å². The highest BCUT2D eigenvalue weighted by Crippen LogP contribution is 2.43. The van der Waals surface area contributed by atoms with Crippen LogP contribution in [0.2, 0.25) is 10.0 Å². The van der Waals surface area contributed by atoms with Crippen molar-refractivity contribution in [3.05, 3.63) is 52.0 Å². The molecule has 2 heterocycles. The first-order valence-corrected chi connectivity index (χ1v) is 12.6. The van der Waals surface area contributed by atoms with Crippen LogP contribution in [0, 0.1) is 0 Å². The Morgan fingerprint density at radius 2 is 2.16 bits per heavy atom. The van der Waals surface area contributed by atoms with Crippen molar-refractivity contribution in [2.75, 3.05) is 43.0 Å². The van der Waals surface area contributed by atoms with Crippen LogP contribution in [0.1, 0.15) is 5.56 Å². The summed E-state index contributed by atoms with van der Waals surface area (Å²) in [6.07, 6.45) is -0.0308. The number of nitrogens with one attached hydrogen (secondary N) is 2. The van der Waals surface area contributed by atoms with E-state index in [1.165, 1.54) is 0 Å². The van der Waals surface area contributed by atoms with Crippen molar-refractivity contribution >= 4 is 64.0 Å². The van der Waals surface area contributed by atoms with Crippen LogP contribution in [0.4, 0.5) is 11.4 Å². The standard InChI is InChI=1S/C21H24Cl2N4O2S2/c22-16-3-1-13(7-17(16)23)10-27-5-6-29-15(11-27)9-25-20(28)12-30-21-26-18-4-2-14(24)8-19(18)31-21/h1-4,7-8,15,21,26H,5-6,9-12,24H2,(H,25,28)/t15-,21?/m0/s1. The van der Waals surface area contributed by atoms with E-state index in [0.717, 1.165) is 41.5 Å². The van der Waals surface area contributed by atoms with Crippen molar-refractivity contribution in [3.63, 3.8) is 0 Å². The fourth-order valence-electron chi connectivity index (χ4n) is 3.48. The van der Waals surface area contributed by atoms with Gasteiger partial charge in [-0.3, -0.25) is 9.69 Å². The van der Waals surface area contributed by atoms with Gasteiger partial charge >= 0.3 is 0 Å². The topological polar surface area (TPSA) is 79.6 Å². The first-order valence-electron chi connectivity index (χ1n) is 9.95. The lowest BCUT2D eigenvalue weighted by Crippen LogP contribution is -2.47. The molecule has 6 nitrogen and oxygen atoms in total. The smallest absolute Gasteiger partial charge is 0.230 e. The Morgan fingerprint density at radius 3 is 3.00 bits per heavy atom. The predicted molar refractivity (Wildman–Crippen MR) is 131 cm³/mol. The lowest BCUT2D eigenvalue weighted by atomic mass is 10.2. The molecule has 1 fully saturated rings. The van der Waals surface area contributed by atoms with Gasteiger partial charge in [0.1, 0.15) is 4.71 Å². The number of halogens is 2. The summed E-state index contributed by atoms with van der Waals surface area (Å²) in [4.78, 5) is 15.7. The van der Waals surface area contributed by atoms with Gasteiger partial charge < -0.3 is 21.1 Å². The molecular weight excluding hydrogens is 475 g/mol. The monoisotopic (exact) mass is 498 g/mol. The molecule has 0 spiro atoms. The number of carbonyl (C=O) groups excluding carboxylic acids is 1. The average Bonchev–Trinajstić information content (AvgIpc) is 3.16. The summed E-state index contributed by atoms with van der Waals surface area (Å²) in [5, 5.41) is 7.53. The molecule has 2 aliphatic rings. The summed E-state index contributed by atoms with van der Waals surface area (Å²) in [5.41, 5.74) is 8.76. The second-order valence-corrected chi connectivity index (χ2v) is 10.8. The van der Waals surface area contributed by atoms with E-state index >= 15 is 0 Å². The molecule has 2 atom stereocenters. The van der Waals surface area contributed by atoms with Crippen molar-refractivity contribution in [2.24, 2.45) is 0 Å². The summed E-state index contributed by atoms with van der Waals surface area (Å²) < 4.78 is 5.94. The van der Waals surface area contributed by atoms with Crippen LogP contribution >= 0.6 is 46.7 Å². The third kappa shape index (κ3) is 6.37. The Kier molecular flexibility index (Phi) is 7.79. The largest absolute Gasteiger partial charge is 0.399 e. The maximum absolute atomic E-state index is 12.3. The number of morpholine rings is 1. The molecule has 166 valence electrons. The molecule has 0 aliphatic carbocycles. The molecule has 0 radical (unpaired) electrons. The second kappa shape index (κ2) is 10.6. The maximum atomic E-state index is 12.3. The number of nitrogens with two attached hydrogens (primary N) is 1. The number of fused-ring (bicyclic) bond motifs is 1. The van der Waals surface area contributed by atoms with Gasteiger partial charge in [-0.25, -0.2) is 0 Å². The van der Waals surface area contributed by atoms with Crippen molar-refractivity contribution < 1.29 is 9.53 Å². The molecular formula is C21H24Cl2N4O2S2. The number of amides is 1. The Balaban J connectivity index is 1.17. The fraction of sp³-hybridized carbons (Fsp3) is 0.381. The highest BCUT2D eigenvalue weighted by atomic mass is 35.5. The minimum Gasteiger partial charge on any atom is -0.399 e. The van der Waals surface area contributed by atoms with E-state index in [-0.39, 0.29) is 16.7 Å². The first kappa shape index (κ1) is 22.9. The van der Waals surface area contributed by atoms with E-state index in [4.69, 9.17) is 33.7 Å². The lowest BCUT2D eigenvalue weighted by molar-refractivity contribution is -0.119. The van der Waals surface area contributed by atoms with Gasteiger partial charge in [0.05, 0.1) is 28.5 Å². The van der Waals surface area contributed by atoms with Crippen LogP contribution in [0.5, 0.6) is 0 Å². The van der Waals surface area contributed by atoms with E-state index in [1.807, 2.05) is 36.4 Å². The first-order chi connectivity index (χ1) is 15.0. The average molecular weight is 499 g/mol. The van der Waals surface area contributed by atoms with Crippen LogP contribution in [-0.4, -0.2) is 53.6 Å². The molecule has 10 heteroatoms. The van der Waals surface area contributed by atoms with Crippen LogP contribution in [-0.2, 0) is 16.1 Å². The zero-order valence-electron chi connectivity index (χ0n) is 16.8. The Morgan fingerprint density at radius 1 is 1.29 bits per heavy atom. The number of hydrogen-bond donors (Lipinski definition) is 3. The predicted octanol–water partition coefficient (Wildman–Crippen LogP) is 4.13. The van der Waals surface area contributed by atoms with Gasteiger partial charge in [-0.15, -0.1) is 11.8 Å². The SMILES string of the molecule is Nc1ccc2c(c1)SC(SCC(=O)NC[C@H]1CN(Cc3ccc(Cl)c(Cl)c3)CCO1)N2. The number of carbonyl (C=O) groups is 1. The Bertz CT molecular complexity index is 950. The molecule has 2 aliphatic heterocycles. The highest BCUT2D eigenvalue weighted by Gasteiger charge is 2.24. The molecule has 31 heavy (non-hydrogen) atoms. The third-order valence-corrected chi connectivity index (χ3v) is 8.23. The van der Waals surface area contributed by atoms with E-state index < -0.39 is 0 Å². The number of ether oxygens (including phenoxy) is 1. The van der Waals surface area contributed by atoms with Crippen LogP contribution in [0.25, 0.3) is 0 Å². The van der Waals surface area contributed by atoms with E-state index in [0.29, 0.717) is 28.9 Å². The lowest BCUT2D eigenvalue weighted by Gasteiger charge is -2.33. The molecule has 1 unspecified atom stereocenters. The van der Waals surface area contributed by atoms with Gasteiger partial charge in [-0.05, 0) is 35.9 Å². The number of thioether (sulfide) groups is 2. The molecule has 1 saturated heterocycles. The third-order valence-electron chi connectivity index (χ3n) is 5.02. The summed E-state index contributed by atoms with van der Waals surface area (Å²) in [6.45, 7) is 3.51. The maximum Gasteiger partial charge on any atom is 0.230 e. The summed E-state index contributed by atoms with van der Waals surface area (Å²) >= 11 is 15.4. The van der Waals surface area contributed by atoms with Gasteiger partial charge in [0.15, 0.2) is 0 Å². The van der Waals surface area contributed by atoms with Crippen LogP contribution < -0.4 is 16.4 Å². The number of rotatable bonds is 7. The molecule has 4 rings (SSSR count). The van der Waals surface area contributed by atoms with Gasteiger partial charge in [-0.2, -0.15) is 0 Å². The highest BCUT2D eigenvalue weighted by molar-refractivity contribution is 8.17. The van der Waals surface area contributed by atoms with Crippen LogP contribution in [0.15, 0.2) is 41.3 Å². The van der Waals surface area contributed by atoms with Gasteiger partial charge in [0.25, 0.3) is 0 Å². The van der Waals surface area contributed by atoms with Gasteiger partial charge in [0, 0.05) is 42.4 Å². The minimum absolute atomic E-state index is 0.00748. The zero-order valence-corrected chi connectivity index (χ0v) is 19.9. The van der Waals surface area contributed by atoms with Crippen molar-refractivity contribution in [1.29, 1.82) is 0 Å². The van der Waals surface area contributed by atoms with E-state index in [2.05, 4.69) is 15.5 Å². The number of nitrogens with zero attached hydrogens (tertiary/aromatic N) is 1. The summed E-state index contributed by atoms with van der Waals surface area (Å²) in [5.74, 6) is 0.390. The van der Waals surface area contributed by atoms with Crippen molar-refractivity contribution in [3.8, 4) is 0 Å². The molecule has 2 aromatic rings. The summed E-state index contributed by atoms with van der Waals surface area (Å²) in [7, 11) is 0. The number of hydrogen-bond acceptors (Lipinski definition) is 7. The minimum atomic E-state index is -0.0308. The van der Waals surface area contributed by atoms with Gasteiger partial charge in [-0.1, -0.05) is 41.0 Å². The molecule has 2 aromatic carbocycles. The summed E-state index contributed by atoms with van der Waals surface area (Å²) in [6, 6.07) is 11.5. The quantitative estimate of drug-likeness (QED) is 0.495. The fourth-order valence-corrected chi connectivity index (χ4v) is 6.07. The molecule has 0 bridgehead atoms. The Hall–Kier alpha value is -1.29. The Labute approximate surface area is 200 Å². The van der Waals surface area contributed by atoms with Crippen molar-refractivity contribution in [2.45, 2.75) is 22.3 Å². The number of nitrogen functional groups attached to an aromatic ring is 1. The second-order valence-electron chi connectivity index (χ2n) is 7.44.